The van der Waals surface area contributed by atoms with E-state index in [1.54, 1.807) is 0 Å². The van der Waals surface area contributed by atoms with E-state index in [0.717, 1.165) is 37.9 Å². The smallest absolute Gasteiger partial charge is 0.136 e. The van der Waals surface area contributed by atoms with Gasteiger partial charge < -0.3 is 0 Å². The first-order valence-electron chi connectivity index (χ1n) is 6.76. The average molecular weight is 234 g/mol. The minimum Gasteiger partial charge on any atom is -0.299 e. The summed E-state index contributed by atoms with van der Waals surface area (Å²) in [5, 5.41) is 4.45. The molecule has 0 bridgehead atoms. The first-order valence-corrected chi connectivity index (χ1v) is 6.76. The minimum atomic E-state index is 0.235. The number of carbonyl (C=O) groups excluding carboxylic acids is 1. The van der Waals surface area contributed by atoms with Gasteiger partial charge in [-0.15, -0.1) is 0 Å². The van der Waals surface area contributed by atoms with Crippen molar-refractivity contribution in [3.8, 4) is 0 Å². The molecule has 1 aromatic rings. The van der Waals surface area contributed by atoms with Crippen LogP contribution in [0.15, 0.2) is 6.07 Å². The van der Waals surface area contributed by atoms with E-state index in [4.69, 9.17) is 0 Å². The topological polar surface area (TPSA) is 34.9 Å². The number of nitrogens with zero attached hydrogens (tertiary/aromatic N) is 2. The van der Waals surface area contributed by atoms with Gasteiger partial charge in [-0.25, -0.2) is 0 Å². The molecule has 1 atom stereocenters. The number of Topliss-reactive ketones (excluding diaryl/α,β-unsaturated/α-hetero) is 1. The second kappa shape index (κ2) is 5.48. The molecule has 0 saturated heterocycles. The van der Waals surface area contributed by atoms with Crippen LogP contribution in [0.1, 0.15) is 50.4 Å². The van der Waals surface area contributed by atoms with E-state index < -0.39 is 0 Å². The van der Waals surface area contributed by atoms with Crippen LogP contribution in [0.4, 0.5) is 0 Å². The fourth-order valence-electron chi connectivity index (χ4n) is 2.74. The molecule has 17 heavy (non-hydrogen) atoms. The van der Waals surface area contributed by atoms with E-state index in [0.29, 0.717) is 5.78 Å². The maximum atomic E-state index is 12.0. The van der Waals surface area contributed by atoms with Gasteiger partial charge >= 0.3 is 0 Å². The van der Waals surface area contributed by atoms with E-state index in [1.807, 2.05) is 11.6 Å². The summed E-state index contributed by atoms with van der Waals surface area (Å²) in [5.41, 5.74) is 2.29. The normalized spacial score (nSPS) is 21.5. The van der Waals surface area contributed by atoms with Crippen LogP contribution in [-0.4, -0.2) is 15.6 Å². The maximum Gasteiger partial charge on any atom is 0.136 e. The summed E-state index contributed by atoms with van der Waals surface area (Å²) in [6.45, 7) is 5.01. The van der Waals surface area contributed by atoms with Gasteiger partial charge in [0.2, 0.25) is 0 Å². The third-order valence-electron chi connectivity index (χ3n) is 3.67. The Kier molecular flexibility index (Phi) is 3.97. The van der Waals surface area contributed by atoms with Gasteiger partial charge in [0, 0.05) is 24.6 Å². The standard InChI is InChI=1S/C14H22N2O/c1-3-16-13(9-11(2)15-16)10-12-7-5-4-6-8-14(12)17/h9,12H,3-8,10H2,1-2H3. The molecule has 0 aromatic carbocycles. The first kappa shape index (κ1) is 12.3. The maximum absolute atomic E-state index is 12.0. The molecule has 1 saturated carbocycles. The van der Waals surface area contributed by atoms with Crippen molar-refractivity contribution in [2.45, 2.75) is 58.9 Å². The molecule has 1 unspecified atom stereocenters. The van der Waals surface area contributed by atoms with Crippen LogP contribution < -0.4 is 0 Å². The van der Waals surface area contributed by atoms with Crippen molar-refractivity contribution < 1.29 is 4.79 Å². The van der Waals surface area contributed by atoms with Crippen LogP contribution in [0.2, 0.25) is 0 Å². The molecule has 1 fully saturated rings. The van der Waals surface area contributed by atoms with Crippen molar-refractivity contribution in [2.75, 3.05) is 0 Å². The highest BCUT2D eigenvalue weighted by atomic mass is 16.1. The SMILES string of the molecule is CCn1nc(C)cc1CC1CCCCCC1=O. The molecular weight excluding hydrogens is 212 g/mol. The summed E-state index contributed by atoms with van der Waals surface area (Å²) in [7, 11) is 0. The molecule has 2 rings (SSSR count). The Morgan fingerprint density at radius 3 is 3.00 bits per heavy atom. The zero-order valence-electron chi connectivity index (χ0n) is 10.9. The van der Waals surface area contributed by atoms with Crippen molar-refractivity contribution in [3.05, 3.63) is 17.5 Å². The number of rotatable bonds is 3. The lowest BCUT2D eigenvalue weighted by atomic mass is 9.93. The van der Waals surface area contributed by atoms with E-state index in [1.165, 1.54) is 18.5 Å². The monoisotopic (exact) mass is 234 g/mol. The lowest BCUT2D eigenvalue weighted by Crippen LogP contribution is -2.17. The van der Waals surface area contributed by atoms with Gasteiger partial charge in [-0.3, -0.25) is 9.48 Å². The molecule has 1 heterocycles. The van der Waals surface area contributed by atoms with E-state index in [-0.39, 0.29) is 5.92 Å². The van der Waals surface area contributed by atoms with Gasteiger partial charge in [-0.05, 0) is 39.2 Å². The Morgan fingerprint density at radius 1 is 1.41 bits per heavy atom. The molecule has 1 aromatic heterocycles. The van der Waals surface area contributed by atoms with Crippen LogP contribution in [-0.2, 0) is 17.8 Å². The number of aryl methyl sites for hydroxylation is 2. The van der Waals surface area contributed by atoms with Gasteiger partial charge in [0.05, 0.1) is 5.69 Å². The average Bonchev–Trinajstić information content (AvgIpc) is 2.54. The summed E-state index contributed by atoms with van der Waals surface area (Å²) in [5.74, 6) is 0.697. The van der Waals surface area contributed by atoms with E-state index >= 15 is 0 Å². The van der Waals surface area contributed by atoms with Crippen LogP contribution in [0.5, 0.6) is 0 Å². The molecule has 0 spiro atoms. The first-order chi connectivity index (χ1) is 8.20. The molecule has 1 aliphatic carbocycles. The lowest BCUT2D eigenvalue weighted by molar-refractivity contribution is -0.122. The Labute approximate surface area is 103 Å². The Morgan fingerprint density at radius 2 is 2.24 bits per heavy atom. The number of hydrogen-bond acceptors (Lipinski definition) is 2. The molecule has 0 amide bonds. The van der Waals surface area contributed by atoms with E-state index in [2.05, 4.69) is 18.1 Å². The van der Waals surface area contributed by atoms with Crippen molar-refractivity contribution >= 4 is 5.78 Å². The predicted octanol–water partition coefficient (Wildman–Crippen LogP) is 2.90. The second-order valence-corrected chi connectivity index (χ2v) is 5.06. The molecule has 0 radical (unpaired) electrons. The number of ketones is 1. The third kappa shape index (κ3) is 2.96. The fraction of sp³-hybridized carbons (Fsp3) is 0.714. The molecule has 1 aliphatic rings. The summed E-state index contributed by atoms with van der Waals surface area (Å²) in [6.07, 6.45) is 6.23. The van der Waals surface area contributed by atoms with Gasteiger partial charge in [0.1, 0.15) is 5.78 Å². The van der Waals surface area contributed by atoms with Gasteiger partial charge in [0.15, 0.2) is 0 Å². The largest absolute Gasteiger partial charge is 0.299 e. The highest BCUT2D eigenvalue weighted by Crippen LogP contribution is 2.23. The lowest BCUT2D eigenvalue weighted by Gasteiger charge is -2.13. The zero-order valence-corrected chi connectivity index (χ0v) is 10.9. The third-order valence-corrected chi connectivity index (χ3v) is 3.67. The summed E-state index contributed by atoms with van der Waals surface area (Å²) < 4.78 is 2.04. The van der Waals surface area contributed by atoms with Crippen LogP contribution in [0.3, 0.4) is 0 Å². The number of aromatic nitrogens is 2. The molecule has 3 heteroatoms. The highest BCUT2D eigenvalue weighted by Gasteiger charge is 2.22. The Bertz CT molecular complexity index is 395. The van der Waals surface area contributed by atoms with Gasteiger partial charge in [-0.2, -0.15) is 5.10 Å². The molecule has 3 nitrogen and oxygen atoms in total. The zero-order chi connectivity index (χ0) is 12.3. The fourth-order valence-corrected chi connectivity index (χ4v) is 2.74. The predicted molar refractivity (Wildman–Crippen MR) is 67.9 cm³/mol. The van der Waals surface area contributed by atoms with Crippen molar-refractivity contribution in [1.29, 1.82) is 0 Å². The molecule has 0 N–H and O–H groups in total. The summed E-state index contributed by atoms with van der Waals surface area (Å²) in [4.78, 5) is 12.0. The minimum absolute atomic E-state index is 0.235. The quantitative estimate of drug-likeness (QED) is 0.754. The molecule has 0 aliphatic heterocycles. The molecule has 94 valence electrons. The van der Waals surface area contributed by atoms with Crippen LogP contribution in [0.25, 0.3) is 0 Å². The van der Waals surface area contributed by atoms with Crippen LogP contribution >= 0.6 is 0 Å². The van der Waals surface area contributed by atoms with Gasteiger partial charge in [0.25, 0.3) is 0 Å². The number of hydrogen-bond donors (Lipinski definition) is 0. The van der Waals surface area contributed by atoms with Crippen LogP contribution in [0, 0.1) is 12.8 Å². The molecular formula is C14H22N2O. The number of carbonyl (C=O) groups is 1. The van der Waals surface area contributed by atoms with Gasteiger partial charge in [-0.1, -0.05) is 12.8 Å². The summed E-state index contributed by atoms with van der Waals surface area (Å²) in [6, 6.07) is 2.13. The van der Waals surface area contributed by atoms with E-state index in [9.17, 15) is 4.79 Å². The van der Waals surface area contributed by atoms with Crippen molar-refractivity contribution in [1.82, 2.24) is 9.78 Å². The van der Waals surface area contributed by atoms with Crippen molar-refractivity contribution in [3.63, 3.8) is 0 Å². The van der Waals surface area contributed by atoms with Crippen molar-refractivity contribution in [2.24, 2.45) is 5.92 Å². The summed E-state index contributed by atoms with van der Waals surface area (Å²) >= 11 is 0. The second-order valence-electron chi connectivity index (χ2n) is 5.06. The Hall–Kier alpha value is -1.12. The highest BCUT2D eigenvalue weighted by molar-refractivity contribution is 5.81. The Balaban J connectivity index is 2.10.